The number of amides is 2. The molecule has 1 aliphatic carbocycles. The SMILES string of the molecule is CC(NC(=O)CC(N)C(C)(C)C)C(=O)NC1CC1. The Kier molecular flexibility index (Phi) is 4.73. The first-order valence-electron chi connectivity index (χ1n) is 6.55. The molecule has 0 bridgehead atoms. The summed E-state index contributed by atoms with van der Waals surface area (Å²) in [5.41, 5.74) is 5.82. The summed E-state index contributed by atoms with van der Waals surface area (Å²) >= 11 is 0. The van der Waals surface area contributed by atoms with Gasteiger partial charge >= 0.3 is 0 Å². The number of nitrogens with one attached hydrogen (secondary N) is 2. The summed E-state index contributed by atoms with van der Waals surface area (Å²) in [4.78, 5) is 23.4. The Morgan fingerprint density at radius 2 is 1.89 bits per heavy atom. The minimum Gasteiger partial charge on any atom is -0.352 e. The predicted octanol–water partition coefficient (Wildman–Crippen LogP) is 0.533. The molecule has 0 radical (unpaired) electrons. The average molecular weight is 255 g/mol. The van der Waals surface area contributed by atoms with Crippen LogP contribution in [-0.2, 0) is 9.59 Å². The average Bonchev–Trinajstić information content (AvgIpc) is 2.99. The summed E-state index contributed by atoms with van der Waals surface area (Å²) < 4.78 is 0. The minimum atomic E-state index is -0.495. The predicted molar refractivity (Wildman–Crippen MR) is 70.8 cm³/mol. The van der Waals surface area contributed by atoms with E-state index < -0.39 is 6.04 Å². The van der Waals surface area contributed by atoms with E-state index in [0.29, 0.717) is 6.04 Å². The van der Waals surface area contributed by atoms with Crippen LogP contribution < -0.4 is 16.4 Å². The second-order valence-electron chi connectivity index (χ2n) is 6.25. The van der Waals surface area contributed by atoms with Gasteiger partial charge in [0.1, 0.15) is 6.04 Å². The molecule has 1 fully saturated rings. The monoisotopic (exact) mass is 255 g/mol. The highest BCUT2D eigenvalue weighted by molar-refractivity contribution is 5.87. The highest BCUT2D eigenvalue weighted by Crippen LogP contribution is 2.20. The Labute approximate surface area is 109 Å². The van der Waals surface area contributed by atoms with E-state index >= 15 is 0 Å². The quantitative estimate of drug-likeness (QED) is 0.670. The summed E-state index contributed by atoms with van der Waals surface area (Å²) in [6.45, 7) is 7.68. The summed E-state index contributed by atoms with van der Waals surface area (Å²) in [6.07, 6.45) is 2.33. The van der Waals surface area contributed by atoms with Crippen LogP contribution in [0.1, 0.15) is 47.0 Å². The summed E-state index contributed by atoms with van der Waals surface area (Å²) in [7, 11) is 0. The van der Waals surface area contributed by atoms with Crippen LogP contribution in [-0.4, -0.2) is 29.9 Å². The van der Waals surface area contributed by atoms with Gasteiger partial charge in [0, 0.05) is 18.5 Å². The van der Waals surface area contributed by atoms with E-state index in [4.69, 9.17) is 5.73 Å². The Morgan fingerprint density at radius 3 is 2.33 bits per heavy atom. The van der Waals surface area contributed by atoms with E-state index in [1.165, 1.54) is 0 Å². The van der Waals surface area contributed by atoms with Crippen LogP contribution >= 0.6 is 0 Å². The first-order valence-corrected chi connectivity index (χ1v) is 6.55. The van der Waals surface area contributed by atoms with Gasteiger partial charge < -0.3 is 16.4 Å². The van der Waals surface area contributed by atoms with Crippen molar-refractivity contribution in [3.8, 4) is 0 Å². The Bertz CT molecular complexity index is 319. The fraction of sp³-hybridized carbons (Fsp3) is 0.846. The number of hydrogen-bond acceptors (Lipinski definition) is 3. The van der Waals surface area contributed by atoms with Gasteiger partial charge in [0.15, 0.2) is 0 Å². The molecule has 0 aliphatic heterocycles. The van der Waals surface area contributed by atoms with Crippen LogP contribution in [0.15, 0.2) is 0 Å². The van der Waals surface area contributed by atoms with Gasteiger partial charge in [-0.25, -0.2) is 0 Å². The molecule has 0 aromatic carbocycles. The highest BCUT2D eigenvalue weighted by Gasteiger charge is 2.27. The van der Waals surface area contributed by atoms with Crippen molar-refractivity contribution < 1.29 is 9.59 Å². The first-order chi connectivity index (χ1) is 8.20. The Morgan fingerprint density at radius 1 is 1.33 bits per heavy atom. The molecule has 2 unspecified atom stereocenters. The summed E-state index contributed by atoms with van der Waals surface area (Å²) in [6, 6.07) is -0.393. The van der Waals surface area contributed by atoms with Crippen molar-refractivity contribution in [1.82, 2.24) is 10.6 Å². The molecule has 5 nitrogen and oxygen atoms in total. The lowest BCUT2D eigenvalue weighted by atomic mass is 9.85. The number of carbonyl (C=O) groups excluding carboxylic acids is 2. The lowest BCUT2D eigenvalue weighted by Crippen LogP contribution is -2.48. The largest absolute Gasteiger partial charge is 0.352 e. The molecule has 1 aliphatic rings. The third-order valence-electron chi connectivity index (χ3n) is 3.21. The molecule has 2 atom stereocenters. The van der Waals surface area contributed by atoms with Crippen LogP contribution in [0.25, 0.3) is 0 Å². The molecule has 2 amide bonds. The van der Waals surface area contributed by atoms with Gasteiger partial charge in [0.2, 0.25) is 11.8 Å². The van der Waals surface area contributed by atoms with Gasteiger partial charge in [0.05, 0.1) is 0 Å². The van der Waals surface area contributed by atoms with Gasteiger partial charge in [-0.2, -0.15) is 0 Å². The maximum atomic E-state index is 11.7. The van der Waals surface area contributed by atoms with Gasteiger partial charge in [-0.05, 0) is 25.2 Å². The molecular weight excluding hydrogens is 230 g/mol. The van der Waals surface area contributed by atoms with Crippen molar-refractivity contribution in [1.29, 1.82) is 0 Å². The molecule has 0 spiro atoms. The highest BCUT2D eigenvalue weighted by atomic mass is 16.2. The zero-order valence-corrected chi connectivity index (χ0v) is 11.7. The molecular formula is C13H25N3O2. The fourth-order valence-electron chi connectivity index (χ4n) is 1.43. The topological polar surface area (TPSA) is 84.2 Å². The number of carbonyl (C=O) groups is 2. The summed E-state index contributed by atoms with van der Waals surface area (Å²) in [5.74, 6) is -0.286. The van der Waals surface area contributed by atoms with Crippen molar-refractivity contribution in [3.63, 3.8) is 0 Å². The lowest BCUT2D eigenvalue weighted by molar-refractivity contribution is -0.129. The molecule has 0 aromatic heterocycles. The standard InChI is InChI=1S/C13H25N3O2/c1-8(12(18)16-9-5-6-9)15-11(17)7-10(14)13(2,3)4/h8-10H,5-7,14H2,1-4H3,(H,15,17)(H,16,18). The van der Waals surface area contributed by atoms with E-state index in [1.807, 2.05) is 20.8 Å². The van der Waals surface area contributed by atoms with Gasteiger partial charge in [-0.1, -0.05) is 20.8 Å². The zero-order valence-electron chi connectivity index (χ0n) is 11.7. The van der Waals surface area contributed by atoms with Crippen molar-refractivity contribution in [2.24, 2.45) is 11.1 Å². The molecule has 5 heteroatoms. The molecule has 18 heavy (non-hydrogen) atoms. The number of nitrogens with two attached hydrogens (primary N) is 1. The molecule has 0 heterocycles. The van der Waals surface area contributed by atoms with Crippen LogP contribution in [0.5, 0.6) is 0 Å². The molecule has 104 valence electrons. The van der Waals surface area contributed by atoms with E-state index in [9.17, 15) is 9.59 Å². The molecule has 1 saturated carbocycles. The number of rotatable bonds is 5. The molecule has 0 aromatic rings. The van der Waals surface area contributed by atoms with Gasteiger partial charge in [-0.15, -0.1) is 0 Å². The molecule has 4 N–H and O–H groups in total. The molecule has 0 saturated heterocycles. The van der Waals surface area contributed by atoms with Crippen LogP contribution in [0.3, 0.4) is 0 Å². The first kappa shape index (κ1) is 15.0. The fourth-order valence-corrected chi connectivity index (χ4v) is 1.43. The van der Waals surface area contributed by atoms with E-state index in [0.717, 1.165) is 12.8 Å². The van der Waals surface area contributed by atoms with E-state index in [2.05, 4.69) is 10.6 Å². The van der Waals surface area contributed by atoms with Crippen LogP contribution in [0.4, 0.5) is 0 Å². The lowest BCUT2D eigenvalue weighted by Gasteiger charge is -2.27. The van der Waals surface area contributed by atoms with Crippen LogP contribution in [0, 0.1) is 5.41 Å². The number of hydrogen-bond donors (Lipinski definition) is 3. The maximum Gasteiger partial charge on any atom is 0.242 e. The third kappa shape index (κ3) is 5.04. The second-order valence-corrected chi connectivity index (χ2v) is 6.25. The minimum absolute atomic E-state index is 0.114. The Hall–Kier alpha value is -1.10. The Balaban J connectivity index is 2.32. The van der Waals surface area contributed by atoms with Crippen molar-refractivity contribution in [2.45, 2.75) is 65.1 Å². The third-order valence-corrected chi connectivity index (χ3v) is 3.21. The van der Waals surface area contributed by atoms with Crippen molar-refractivity contribution >= 4 is 11.8 Å². The van der Waals surface area contributed by atoms with E-state index in [1.54, 1.807) is 6.92 Å². The second kappa shape index (κ2) is 5.69. The summed E-state index contributed by atoms with van der Waals surface area (Å²) in [5, 5.41) is 5.54. The van der Waals surface area contributed by atoms with Crippen molar-refractivity contribution in [3.05, 3.63) is 0 Å². The smallest absolute Gasteiger partial charge is 0.242 e. The molecule has 1 rings (SSSR count). The normalized spacial score (nSPS) is 18.9. The zero-order chi connectivity index (χ0) is 13.9. The van der Waals surface area contributed by atoms with E-state index in [-0.39, 0.29) is 29.7 Å². The van der Waals surface area contributed by atoms with Crippen LogP contribution in [0.2, 0.25) is 0 Å². The van der Waals surface area contributed by atoms with Gasteiger partial charge in [0.25, 0.3) is 0 Å². The maximum absolute atomic E-state index is 11.7. The van der Waals surface area contributed by atoms with Gasteiger partial charge in [-0.3, -0.25) is 9.59 Å². The van der Waals surface area contributed by atoms with Crippen molar-refractivity contribution in [2.75, 3.05) is 0 Å².